The number of aromatic nitrogens is 1. The Balaban J connectivity index is 0.000000351. The maximum atomic E-state index is 11.3. The van der Waals surface area contributed by atoms with E-state index < -0.39 is 5.60 Å². The molecule has 2 aromatic rings. The number of hydrogen-bond acceptors (Lipinski definition) is 2. The second-order valence-electron chi connectivity index (χ2n) is 5.89. The van der Waals surface area contributed by atoms with E-state index in [1.165, 1.54) is 0 Å². The average molecular weight is 383 g/mol. The van der Waals surface area contributed by atoms with E-state index in [1.54, 1.807) is 12.4 Å². The molecule has 1 unspecified atom stereocenters. The van der Waals surface area contributed by atoms with Gasteiger partial charge >= 0.3 is 17.1 Å². The zero-order chi connectivity index (χ0) is 17.4. The molecule has 1 aromatic carbocycles. The molecule has 2 aliphatic carbocycles. The summed E-state index contributed by atoms with van der Waals surface area (Å²) in [7, 11) is 0. The maximum absolute atomic E-state index is 11.3. The number of nitrogens with zero attached hydrogens (tertiary/aromatic N) is 1. The van der Waals surface area contributed by atoms with Gasteiger partial charge in [0.15, 0.2) is 0 Å². The van der Waals surface area contributed by atoms with Crippen LogP contribution in [0.5, 0.6) is 0 Å². The van der Waals surface area contributed by atoms with Crippen molar-refractivity contribution in [2.75, 3.05) is 0 Å². The minimum absolute atomic E-state index is 0. The first-order valence-corrected chi connectivity index (χ1v) is 8.35. The summed E-state index contributed by atoms with van der Waals surface area (Å²) in [6, 6.07) is 13.7. The van der Waals surface area contributed by atoms with Crippen molar-refractivity contribution >= 4 is 0 Å². The molecule has 0 bridgehead atoms. The molecule has 0 saturated heterocycles. The molecule has 0 aliphatic heterocycles. The largest absolute Gasteiger partial charge is 2.00 e. The SMILES string of the molecule is OC(Cc1ccncc1)([C]1[CH][CH][CH][CH]1)c1ccccc1.[CH]1[CH][CH][CH][CH]1.[Fe+2]. The zero-order valence-corrected chi connectivity index (χ0v) is 15.5. The molecule has 2 saturated carbocycles. The van der Waals surface area contributed by atoms with E-state index in [-0.39, 0.29) is 17.1 Å². The van der Waals surface area contributed by atoms with Crippen LogP contribution in [0.4, 0.5) is 0 Å². The molecule has 2 fully saturated rings. The summed E-state index contributed by atoms with van der Waals surface area (Å²) >= 11 is 0. The molecule has 1 aromatic heterocycles. The van der Waals surface area contributed by atoms with E-state index in [9.17, 15) is 5.11 Å². The van der Waals surface area contributed by atoms with Gasteiger partial charge in [-0.3, -0.25) is 4.98 Å². The van der Waals surface area contributed by atoms with E-state index in [4.69, 9.17) is 0 Å². The second kappa shape index (κ2) is 10.9. The third kappa shape index (κ3) is 5.67. The first kappa shape index (κ1) is 21.2. The summed E-state index contributed by atoms with van der Waals surface area (Å²) in [4.78, 5) is 4.03. The van der Waals surface area contributed by atoms with Crippen molar-refractivity contribution in [3.8, 4) is 0 Å². The molecular weight excluding hydrogens is 362 g/mol. The van der Waals surface area contributed by atoms with Crippen molar-refractivity contribution in [2.24, 2.45) is 0 Å². The second-order valence-corrected chi connectivity index (χ2v) is 5.89. The van der Waals surface area contributed by atoms with Gasteiger partial charge in [-0.2, -0.15) is 0 Å². The predicted molar refractivity (Wildman–Crippen MR) is 100 cm³/mol. The Morgan fingerprint density at radius 3 is 1.81 bits per heavy atom. The quantitative estimate of drug-likeness (QED) is 0.812. The van der Waals surface area contributed by atoms with Crippen LogP contribution < -0.4 is 0 Å². The van der Waals surface area contributed by atoms with Gasteiger partial charge in [0.05, 0.1) is 0 Å². The van der Waals surface area contributed by atoms with Crippen LogP contribution in [-0.2, 0) is 29.1 Å². The molecule has 1 atom stereocenters. The van der Waals surface area contributed by atoms with Crippen LogP contribution in [0.2, 0.25) is 0 Å². The Hall–Kier alpha value is -1.15. The van der Waals surface area contributed by atoms with Gasteiger partial charge in [0.1, 0.15) is 5.60 Å². The summed E-state index contributed by atoms with van der Waals surface area (Å²) in [5.74, 6) is 0.917. The van der Waals surface area contributed by atoms with Crippen LogP contribution in [0.25, 0.3) is 0 Å². The maximum Gasteiger partial charge on any atom is 2.00 e. The van der Waals surface area contributed by atoms with Crippen LogP contribution >= 0.6 is 0 Å². The fourth-order valence-electron chi connectivity index (χ4n) is 2.85. The molecule has 26 heavy (non-hydrogen) atoms. The van der Waals surface area contributed by atoms with Crippen molar-refractivity contribution in [3.63, 3.8) is 0 Å². The molecule has 1 N–H and O–H groups in total. The smallest absolute Gasteiger partial charge is 0.384 e. The number of hydrogen-bond donors (Lipinski definition) is 1. The van der Waals surface area contributed by atoms with Gasteiger partial charge in [0, 0.05) is 24.7 Å². The van der Waals surface area contributed by atoms with E-state index in [2.05, 4.69) is 4.98 Å². The summed E-state index contributed by atoms with van der Waals surface area (Å²) < 4.78 is 0. The molecule has 130 valence electrons. The van der Waals surface area contributed by atoms with Crippen LogP contribution in [0.15, 0.2) is 54.9 Å². The molecule has 2 nitrogen and oxygen atoms in total. The molecule has 4 rings (SSSR count). The molecule has 2 aliphatic rings. The van der Waals surface area contributed by atoms with Crippen LogP contribution in [0.1, 0.15) is 11.1 Å². The third-order valence-corrected chi connectivity index (χ3v) is 4.16. The minimum Gasteiger partial charge on any atom is -0.384 e. The first-order valence-electron chi connectivity index (χ1n) is 8.35. The van der Waals surface area contributed by atoms with Crippen molar-refractivity contribution < 1.29 is 22.2 Å². The predicted octanol–water partition coefficient (Wildman–Crippen LogP) is 3.94. The van der Waals surface area contributed by atoms with E-state index in [0.717, 1.165) is 17.0 Å². The topological polar surface area (TPSA) is 33.1 Å². The van der Waals surface area contributed by atoms with Gasteiger partial charge in [-0.15, -0.1) is 0 Å². The Kier molecular flexibility index (Phi) is 8.84. The normalized spacial score (nSPS) is 19.1. The molecule has 10 radical (unpaired) electrons. The van der Waals surface area contributed by atoms with E-state index in [0.29, 0.717) is 6.42 Å². The third-order valence-electron chi connectivity index (χ3n) is 4.16. The summed E-state index contributed by atoms with van der Waals surface area (Å²) in [6.07, 6.45) is 21.9. The Morgan fingerprint density at radius 2 is 1.27 bits per heavy atom. The fourth-order valence-corrected chi connectivity index (χ4v) is 2.85. The molecular formula is C23H21FeNO+2. The number of pyridine rings is 1. The average Bonchev–Trinajstić information content (AvgIpc) is 3.40. The van der Waals surface area contributed by atoms with Crippen molar-refractivity contribution in [1.82, 2.24) is 4.98 Å². The minimum atomic E-state index is -1.01. The van der Waals surface area contributed by atoms with Gasteiger partial charge in [-0.1, -0.05) is 30.3 Å². The van der Waals surface area contributed by atoms with Crippen LogP contribution in [0, 0.1) is 63.7 Å². The first-order chi connectivity index (χ1) is 12.3. The summed E-state index contributed by atoms with van der Waals surface area (Å²) in [5, 5.41) is 11.3. The van der Waals surface area contributed by atoms with Crippen molar-refractivity contribution in [3.05, 3.63) is 130 Å². The number of aliphatic hydroxyl groups is 1. The molecule has 1 heterocycles. The fraction of sp³-hybridized carbons (Fsp3) is 0.0870. The Morgan fingerprint density at radius 1 is 0.731 bits per heavy atom. The van der Waals surface area contributed by atoms with Crippen LogP contribution in [-0.4, -0.2) is 10.1 Å². The van der Waals surface area contributed by atoms with Gasteiger partial charge in [0.2, 0.25) is 0 Å². The van der Waals surface area contributed by atoms with Crippen LogP contribution in [0.3, 0.4) is 0 Å². The van der Waals surface area contributed by atoms with Gasteiger partial charge < -0.3 is 5.11 Å². The van der Waals surface area contributed by atoms with Gasteiger partial charge in [-0.25, -0.2) is 0 Å². The van der Waals surface area contributed by atoms with Crippen molar-refractivity contribution in [1.29, 1.82) is 0 Å². The van der Waals surface area contributed by atoms with Gasteiger partial charge in [-0.05, 0) is 81.0 Å². The summed E-state index contributed by atoms with van der Waals surface area (Å²) in [6.45, 7) is 0. The monoisotopic (exact) mass is 383 g/mol. The van der Waals surface area contributed by atoms with Gasteiger partial charge in [0.25, 0.3) is 0 Å². The zero-order valence-electron chi connectivity index (χ0n) is 14.3. The Bertz CT molecular complexity index is 601. The Labute approximate surface area is 168 Å². The van der Waals surface area contributed by atoms with E-state index >= 15 is 0 Å². The standard InChI is InChI=1S/C18H16NO.C5H5.Fe/c20-18(17-8-4-5-9-17,16-6-2-1-3-7-16)14-15-10-12-19-13-11-15;1-2-4-5-3-1;/h1-13,20H,14H2;1-5H;/q;;+2. The number of rotatable bonds is 4. The molecule has 3 heteroatoms. The molecule has 0 spiro atoms. The van der Waals surface area contributed by atoms with Crippen molar-refractivity contribution in [2.45, 2.75) is 12.0 Å². The summed E-state index contributed by atoms with van der Waals surface area (Å²) in [5.41, 5.74) is 0.960. The molecule has 0 amide bonds. The number of benzene rings is 1. The van der Waals surface area contributed by atoms with E-state index in [1.807, 2.05) is 100 Å².